The Morgan fingerprint density at radius 3 is 2.80 bits per heavy atom. The molecule has 0 radical (unpaired) electrons. The minimum Gasteiger partial charge on any atom is -0.326 e. The van der Waals surface area contributed by atoms with Gasteiger partial charge in [-0.2, -0.15) is 0 Å². The molecule has 0 atom stereocenters. The lowest BCUT2D eigenvalue weighted by atomic mass is 10.1. The summed E-state index contributed by atoms with van der Waals surface area (Å²) in [5, 5.41) is 7.27. The molecule has 0 aliphatic heterocycles. The normalized spacial score (nSPS) is 11.8. The van der Waals surface area contributed by atoms with Crippen molar-refractivity contribution in [2.75, 3.05) is 11.9 Å². The summed E-state index contributed by atoms with van der Waals surface area (Å²) < 4.78 is 1.10. The summed E-state index contributed by atoms with van der Waals surface area (Å²) in [7, 11) is 0. The SMILES string of the molecule is Cc1nc2ccc(NC(=O)CCNC(C)(C)C)cc2s1. The van der Waals surface area contributed by atoms with Gasteiger partial charge >= 0.3 is 0 Å². The molecule has 1 heterocycles. The highest BCUT2D eigenvalue weighted by Gasteiger charge is 2.10. The molecule has 1 amide bonds. The van der Waals surface area contributed by atoms with Crippen molar-refractivity contribution in [1.82, 2.24) is 10.3 Å². The van der Waals surface area contributed by atoms with Gasteiger partial charge in [0, 0.05) is 24.2 Å². The Morgan fingerprint density at radius 2 is 2.10 bits per heavy atom. The molecule has 0 fully saturated rings. The van der Waals surface area contributed by atoms with Crippen molar-refractivity contribution in [1.29, 1.82) is 0 Å². The minimum atomic E-state index is 0.0299. The highest BCUT2D eigenvalue weighted by molar-refractivity contribution is 7.18. The number of benzene rings is 1. The van der Waals surface area contributed by atoms with E-state index in [2.05, 4.69) is 36.4 Å². The Balaban J connectivity index is 1.92. The molecule has 0 saturated carbocycles. The van der Waals surface area contributed by atoms with Gasteiger partial charge in [-0.15, -0.1) is 11.3 Å². The van der Waals surface area contributed by atoms with Crippen molar-refractivity contribution < 1.29 is 4.79 Å². The number of fused-ring (bicyclic) bond motifs is 1. The number of hydrogen-bond acceptors (Lipinski definition) is 4. The van der Waals surface area contributed by atoms with E-state index >= 15 is 0 Å². The van der Waals surface area contributed by atoms with E-state index in [-0.39, 0.29) is 11.4 Å². The topological polar surface area (TPSA) is 54.0 Å². The molecule has 1 aromatic carbocycles. The van der Waals surface area contributed by atoms with Crippen LogP contribution >= 0.6 is 11.3 Å². The van der Waals surface area contributed by atoms with E-state index in [1.807, 2.05) is 25.1 Å². The third-order valence-corrected chi connectivity index (χ3v) is 3.72. The predicted molar refractivity (Wildman–Crippen MR) is 85.4 cm³/mol. The van der Waals surface area contributed by atoms with Crippen molar-refractivity contribution in [2.45, 2.75) is 39.7 Å². The lowest BCUT2D eigenvalue weighted by Gasteiger charge is -2.20. The zero-order chi connectivity index (χ0) is 14.8. The third-order valence-electron chi connectivity index (χ3n) is 2.79. The van der Waals surface area contributed by atoms with Crippen molar-refractivity contribution in [2.24, 2.45) is 0 Å². The summed E-state index contributed by atoms with van der Waals surface area (Å²) >= 11 is 1.64. The van der Waals surface area contributed by atoms with Crippen LogP contribution in [0.1, 0.15) is 32.2 Å². The third kappa shape index (κ3) is 4.28. The van der Waals surface area contributed by atoms with E-state index < -0.39 is 0 Å². The summed E-state index contributed by atoms with van der Waals surface area (Å²) in [6, 6.07) is 5.83. The average Bonchev–Trinajstić information content (AvgIpc) is 2.66. The Morgan fingerprint density at radius 1 is 1.35 bits per heavy atom. The fourth-order valence-corrected chi connectivity index (χ4v) is 2.76. The molecule has 0 aliphatic carbocycles. The number of carbonyl (C=O) groups excluding carboxylic acids is 1. The summed E-state index contributed by atoms with van der Waals surface area (Å²) in [6.07, 6.45) is 0.469. The molecule has 0 aliphatic rings. The molecule has 2 aromatic rings. The molecule has 5 heteroatoms. The lowest BCUT2D eigenvalue weighted by Crippen LogP contribution is -2.37. The number of nitrogens with one attached hydrogen (secondary N) is 2. The fourth-order valence-electron chi connectivity index (χ4n) is 1.89. The van der Waals surface area contributed by atoms with Gasteiger partial charge in [0.2, 0.25) is 5.91 Å². The minimum absolute atomic E-state index is 0.0299. The van der Waals surface area contributed by atoms with Crippen LogP contribution in [-0.2, 0) is 4.79 Å². The number of amides is 1. The van der Waals surface area contributed by atoms with Gasteiger partial charge < -0.3 is 10.6 Å². The summed E-state index contributed by atoms with van der Waals surface area (Å²) in [5.74, 6) is 0.0299. The average molecular weight is 291 g/mol. The number of aromatic nitrogens is 1. The molecular weight excluding hydrogens is 270 g/mol. The zero-order valence-electron chi connectivity index (χ0n) is 12.4. The van der Waals surface area contributed by atoms with Gasteiger partial charge in [0.15, 0.2) is 0 Å². The van der Waals surface area contributed by atoms with Crippen molar-refractivity contribution >= 4 is 33.1 Å². The van der Waals surface area contributed by atoms with Gasteiger partial charge in [-0.1, -0.05) is 0 Å². The van der Waals surface area contributed by atoms with Crippen LogP contribution in [-0.4, -0.2) is 23.0 Å². The van der Waals surface area contributed by atoms with E-state index in [4.69, 9.17) is 0 Å². The first-order valence-electron chi connectivity index (χ1n) is 6.75. The second-order valence-corrected chi connectivity index (χ2v) is 7.13. The van der Waals surface area contributed by atoms with E-state index in [9.17, 15) is 4.79 Å². The number of anilines is 1. The molecule has 0 spiro atoms. The van der Waals surface area contributed by atoms with Crippen molar-refractivity contribution in [3.63, 3.8) is 0 Å². The number of hydrogen-bond donors (Lipinski definition) is 2. The molecule has 1 aromatic heterocycles. The fraction of sp³-hybridized carbons (Fsp3) is 0.467. The number of aryl methyl sites for hydroxylation is 1. The summed E-state index contributed by atoms with van der Waals surface area (Å²) in [4.78, 5) is 16.3. The van der Waals surface area contributed by atoms with Gasteiger partial charge in [-0.3, -0.25) is 4.79 Å². The van der Waals surface area contributed by atoms with Gasteiger partial charge in [0.25, 0.3) is 0 Å². The van der Waals surface area contributed by atoms with E-state index in [0.29, 0.717) is 13.0 Å². The van der Waals surface area contributed by atoms with Crippen LogP contribution in [0.25, 0.3) is 10.2 Å². The van der Waals surface area contributed by atoms with E-state index in [0.717, 1.165) is 20.9 Å². The molecule has 20 heavy (non-hydrogen) atoms. The molecular formula is C15H21N3OS. The second kappa shape index (κ2) is 5.89. The Labute approximate surface area is 123 Å². The molecule has 0 bridgehead atoms. The van der Waals surface area contributed by atoms with Crippen LogP contribution in [0, 0.1) is 6.92 Å². The van der Waals surface area contributed by atoms with Gasteiger partial charge in [0.05, 0.1) is 15.2 Å². The monoisotopic (exact) mass is 291 g/mol. The summed E-state index contributed by atoms with van der Waals surface area (Å²) in [6.45, 7) is 8.93. The standard InChI is InChI=1S/C15H21N3OS/c1-10-17-12-6-5-11(9-13(12)20-10)18-14(19)7-8-16-15(2,3)4/h5-6,9,16H,7-8H2,1-4H3,(H,18,19). The molecule has 2 N–H and O–H groups in total. The van der Waals surface area contributed by atoms with Gasteiger partial charge in [-0.05, 0) is 45.9 Å². The maximum Gasteiger partial charge on any atom is 0.225 e. The molecule has 0 unspecified atom stereocenters. The number of thiazole rings is 1. The van der Waals surface area contributed by atoms with E-state index in [1.165, 1.54) is 0 Å². The number of carbonyl (C=O) groups is 1. The van der Waals surface area contributed by atoms with Crippen LogP contribution in [0.3, 0.4) is 0 Å². The first-order chi connectivity index (χ1) is 9.33. The van der Waals surface area contributed by atoms with Crippen LogP contribution in [0.15, 0.2) is 18.2 Å². The van der Waals surface area contributed by atoms with Crippen LogP contribution in [0.4, 0.5) is 5.69 Å². The summed E-state index contributed by atoms with van der Waals surface area (Å²) in [5.41, 5.74) is 1.86. The first kappa shape index (κ1) is 14.9. The maximum atomic E-state index is 11.9. The molecule has 4 nitrogen and oxygen atoms in total. The van der Waals surface area contributed by atoms with Crippen molar-refractivity contribution in [3.8, 4) is 0 Å². The number of nitrogens with zero attached hydrogens (tertiary/aromatic N) is 1. The van der Waals surface area contributed by atoms with Crippen LogP contribution in [0.2, 0.25) is 0 Å². The molecule has 108 valence electrons. The van der Waals surface area contributed by atoms with Crippen LogP contribution in [0.5, 0.6) is 0 Å². The molecule has 2 rings (SSSR count). The first-order valence-corrected chi connectivity index (χ1v) is 7.57. The Hall–Kier alpha value is -1.46. The largest absolute Gasteiger partial charge is 0.326 e. The molecule has 0 saturated heterocycles. The number of rotatable bonds is 4. The quantitative estimate of drug-likeness (QED) is 0.908. The van der Waals surface area contributed by atoms with Crippen LogP contribution < -0.4 is 10.6 Å². The zero-order valence-corrected chi connectivity index (χ0v) is 13.2. The second-order valence-electron chi connectivity index (χ2n) is 5.89. The van der Waals surface area contributed by atoms with E-state index in [1.54, 1.807) is 11.3 Å². The Kier molecular flexibility index (Phi) is 4.40. The maximum absolute atomic E-state index is 11.9. The Bertz CT molecular complexity index is 613. The highest BCUT2D eigenvalue weighted by Crippen LogP contribution is 2.24. The van der Waals surface area contributed by atoms with Gasteiger partial charge in [-0.25, -0.2) is 4.98 Å². The van der Waals surface area contributed by atoms with Gasteiger partial charge in [0.1, 0.15) is 0 Å². The lowest BCUT2D eigenvalue weighted by molar-refractivity contribution is -0.116. The predicted octanol–water partition coefficient (Wildman–Crippen LogP) is 3.32. The highest BCUT2D eigenvalue weighted by atomic mass is 32.1. The smallest absolute Gasteiger partial charge is 0.225 e. The van der Waals surface area contributed by atoms with Crippen molar-refractivity contribution in [3.05, 3.63) is 23.2 Å².